The molecule has 128 valence electrons. The third kappa shape index (κ3) is 6.41. The zero-order valence-corrected chi connectivity index (χ0v) is 15.6. The topological polar surface area (TPSA) is 74.8 Å². The Bertz CT molecular complexity index is 742. The van der Waals surface area contributed by atoms with E-state index >= 15 is 0 Å². The van der Waals surface area contributed by atoms with Gasteiger partial charge in [0.15, 0.2) is 5.16 Å². The molecule has 0 unspecified atom stereocenters. The van der Waals surface area contributed by atoms with E-state index in [9.17, 15) is 9.59 Å². The van der Waals surface area contributed by atoms with Crippen molar-refractivity contribution >= 4 is 35.1 Å². The highest BCUT2D eigenvalue weighted by molar-refractivity contribution is 7.99. The average Bonchev–Trinajstić information content (AvgIpc) is 2.53. The molecular weight excluding hydrogens is 342 g/mol. The largest absolute Gasteiger partial charge is 0.325 e. The van der Waals surface area contributed by atoms with Crippen LogP contribution in [0.3, 0.4) is 0 Å². The predicted octanol–water partition coefficient (Wildman–Crippen LogP) is 3.45. The fourth-order valence-electron chi connectivity index (χ4n) is 1.85. The summed E-state index contributed by atoms with van der Waals surface area (Å²) in [6.45, 7) is 6.19. The normalized spacial score (nSPS) is 10.8. The number of anilines is 1. The number of nitrogens with one attached hydrogen (secondary N) is 2. The van der Waals surface area contributed by atoms with E-state index in [1.54, 1.807) is 11.8 Å². The third-order valence-electron chi connectivity index (χ3n) is 3.01. The quantitative estimate of drug-likeness (QED) is 0.582. The predicted molar refractivity (Wildman–Crippen MR) is 102 cm³/mol. The number of H-pyrrole nitrogens is 1. The molecule has 1 aromatic carbocycles. The van der Waals surface area contributed by atoms with Crippen LogP contribution in [0.2, 0.25) is 0 Å². The summed E-state index contributed by atoms with van der Waals surface area (Å²) < 4.78 is 0. The molecule has 0 atom stereocenters. The maximum atomic E-state index is 12.0. The summed E-state index contributed by atoms with van der Waals surface area (Å²) in [6, 6.07) is 9.12. The van der Waals surface area contributed by atoms with Crippen molar-refractivity contribution in [3.8, 4) is 0 Å². The van der Waals surface area contributed by atoms with Gasteiger partial charge in [-0.1, -0.05) is 43.3 Å². The minimum atomic E-state index is -0.189. The molecule has 0 aliphatic heterocycles. The molecule has 0 aliphatic carbocycles. The standard InChI is InChI=1S/C17H21N3O2S2/c1-11(2)23-9-14-8-15(21)20-17(19-14)24-10-16(22)18-13-6-4-12(3)5-7-13/h4-8,11H,9-10H2,1-3H3,(H,18,22)(H,19,20,21). The molecular formula is C17H21N3O2S2. The molecule has 1 amide bonds. The summed E-state index contributed by atoms with van der Waals surface area (Å²) in [4.78, 5) is 30.8. The molecule has 2 rings (SSSR count). The number of carbonyl (C=O) groups excluding carboxylic acids is 1. The van der Waals surface area contributed by atoms with Gasteiger partial charge in [0.1, 0.15) is 0 Å². The molecule has 1 heterocycles. The Morgan fingerprint density at radius 1 is 1.29 bits per heavy atom. The van der Waals surface area contributed by atoms with E-state index in [1.807, 2.05) is 31.2 Å². The van der Waals surface area contributed by atoms with E-state index < -0.39 is 0 Å². The number of benzene rings is 1. The first-order chi connectivity index (χ1) is 11.4. The second-order valence-corrected chi connectivity index (χ2v) is 8.13. The van der Waals surface area contributed by atoms with Crippen LogP contribution in [0.25, 0.3) is 0 Å². The summed E-state index contributed by atoms with van der Waals surface area (Å²) in [5.74, 6) is 0.746. The Morgan fingerprint density at radius 3 is 2.67 bits per heavy atom. The van der Waals surface area contributed by atoms with Crippen molar-refractivity contribution in [2.24, 2.45) is 0 Å². The van der Waals surface area contributed by atoms with Crippen LogP contribution in [-0.4, -0.2) is 26.9 Å². The Labute approximate surface area is 150 Å². The van der Waals surface area contributed by atoms with Crippen molar-refractivity contribution in [1.82, 2.24) is 9.97 Å². The SMILES string of the molecule is Cc1ccc(NC(=O)CSc2nc(CSC(C)C)cc(=O)[nH]2)cc1. The molecule has 0 saturated heterocycles. The number of nitrogens with zero attached hydrogens (tertiary/aromatic N) is 1. The van der Waals surface area contributed by atoms with Crippen molar-refractivity contribution < 1.29 is 4.79 Å². The van der Waals surface area contributed by atoms with Crippen LogP contribution in [0.1, 0.15) is 25.1 Å². The highest BCUT2D eigenvalue weighted by Crippen LogP contribution is 2.17. The van der Waals surface area contributed by atoms with E-state index in [0.717, 1.165) is 16.9 Å². The molecule has 0 bridgehead atoms. The molecule has 24 heavy (non-hydrogen) atoms. The first kappa shape index (κ1) is 18.6. The molecule has 0 radical (unpaired) electrons. The van der Waals surface area contributed by atoms with Gasteiger partial charge in [0.05, 0.1) is 11.4 Å². The van der Waals surface area contributed by atoms with E-state index in [1.165, 1.54) is 17.8 Å². The van der Waals surface area contributed by atoms with Crippen molar-refractivity contribution in [2.45, 2.75) is 36.9 Å². The summed E-state index contributed by atoms with van der Waals surface area (Å²) in [7, 11) is 0. The minimum Gasteiger partial charge on any atom is -0.325 e. The maximum Gasteiger partial charge on any atom is 0.251 e. The summed E-state index contributed by atoms with van der Waals surface area (Å²) >= 11 is 2.95. The van der Waals surface area contributed by atoms with Crippen LogP contribution < -0.4 is 10.9 Å². The third-order valence-corrected chi connectivity index (χ3v) is 5.02. The Morgan fingerprint density at radius 2 is 2.00 bits per heavy atom. The maximum absolute atomic E-state index is 12.0. The smallest absolute Gasteiger partial charge is 0.251 e. The van der Waals surface area contributed by atoms with E-state index in [0.29, 0.717) is 16.2 Å². The second kappa shape index (κ2) is 8.94. The lowest BCUT2D eigenvalue weighted by Crippen LogP contribution is -2.15. The first-order valence-electron chi connectivity index (χ1n) is 7.63. The first-order valence-corrected chi connectivity index (χ1v) is 9.67. The lowest BCUT2D eigenvalue weighted by molar-refractivity contribution is -0.113. The molecule has 0 fully saturated rings. The zero-order chi connectivity index (χ0) is 17.5. The lowest BCUT2D eigenvalue weighted by Gasteiger charge is -2.07. The van der Waals surface area contributed by atoms with Crippen LogP contribution in [0, 0.1) is 6.92 Å². The van der Waals surface area contributed by atoms with Crippen molar-refractivity contribution in [2.75, 3.05) is 11.1 Å². The molecule has 0 saturated carbocycles. The van der Waals surface area contributed by atoms with Gasteiger partial charge in [-0.2, -0.15) is 11.8 Å². The Hall–Kier alpha value is -1.73. The van der Waals surface area contributed by atoms with Crippen LogP contribution in [-0.2, 0) is 10.5 Å². The number of rotatable bonds is 7. The number of hydrogen-bond acceptors (Lipinski definition) is 5. The highest BCUT2D eigenvalue weighted by Gasteiger charge is 2.08. The molecule has 2 N–H and O–H groups in total. The van der Waals surface area contributed by atoms with Crippen LogP contribution in [0.15, 0.2) is 40.3 Å². The number of aromatic amines is 1. The summed E-state index contributed by atoms with van der Waals surface area (Å²) in [5.41, 5.74) is 2.44. The van der Waals surface area contributed by atoms with Gasteiger partial charge in [0.25, 0.3) is 5.56 Å². The van der Waals surface area contributed by atoms with Gasteiger partial charge in [-0.3, -0.25) is 9.59 Å². The molecule has 0 spiro atoms. The fourth-order valence-corrected chi connectivity index (χ4v) is 3.19. The summed E-state index contributed by atoms with van der Waals surface area (Å²) in [6.07, 6.45) is 0. The summed E-state index contributed by atoms with van der Waals surface area (Å²) in [5, 5.41) is 3.77. The molecule has 2 aromatic rings. The fraction of sp³-hybridized carbons (Fsp3) is 0.353. The van der Waals surface area contributed by atoms with Gasteiger partial charge in [-0.15, -0.1) is 0 Å². The number of amides is 1. The van der Waals surface area contributed by atoms with Gasteiger partial charge in [0, 0.05) is 17.5 Å². The van der Waals surface area contributed by atoms with Crippen molar-refractivity contribution in [3.63, 3.8) is 0 Å². The average molecular weight is 364 g/mol. The van der Waals surface area contributed by atoms with Gasteiger partial charge < -0.3 is 10.3 Å². The van der Waals surface area contributed by atoms with Crippen LogP contribution in [0.5, 0.6) is 0 Å². The molecule has 0 aliphatic rings. The number of aromatic nitrogens is 2. The zero-order valence-electron chi connectivity index (χ0n) is 14.0. The minimum absolute atomic E-state index is 0.131. The van der Waals surface area contributed by atoms with Gasteiger partial charge in [-0.05, 0) is 24.3 Å². The van der Waals surface area contributed by atoms with Crippen molar-refractivity contribution in [1.29, 1.82) is 0 Å². The van der Waals surface area contributed by atoms with E-state index in [2.05, 4.69) is 29.1 Å². The van der Waals surface area contributed by atoms with Gasteiger partial charge in [0.2, 0.25) is 5.91 Å². The number of aryl methyl sites for hydroxylation is 1. The highest BCUT2D eigenvalue weighted by atomic mass is 32.2. The number of carbonyl (C=O) groups is 1. The molecule has 5 nitrogen and oxygen atoms in total. The van der Waals surface area contributed by atoms with Crippen LogP contribution in [0.4, 0.5) is 5.69 Å². The van der Waals surface area contributed by atoms with Crippen LogP contribution >= 0.6 is 23.5 Å². The van der Waals surface area contributed by atoms with E-state index in [-0.39, 0.29) is 17.2 Å². The van der Waals surface area contributed by atoms with Gasteiger partial charge in [-0.25, -0.2) is 4.98 Å². The van der Waals surface area contributed by atoms with E-state index in [4.69, 9.17) is 0 Å². The van der Waals surface area contributed by atoms with Gasteiger partial charge >= 0.3 is 0 Å². The monoisotopic (exact) mass is 363 g/mol. The molecule has 1 aromatic heterocycles. The lowest BCUT2D eigenvalue weighted by atomic mass is 10.2. The van der Waals surface area contributed by atoms with Crippen molar-refractivity contribution in [3.05, 3.63) is 51.9 Å². The Balaban J connectivity index is 1.92. The molecule has 7 heteroatoms. The Kier molecular flexibility index (Phi) is 6.93. The number of hydrogen-bond donors (Lipinski definition) is 2. The number of thioether (sulfide) groups is 2. The second-order valence-electron chi connectivity index (χ2n) is 5.60.